The zero-order chi connectivity index (χ0) is 9.02. The number of aliphatic carboxylic acids is 2. The van der Waals surface area contributed by atoms with E-state index in [9.17, 15) is 9.59 Å². The molecule has 0 bridgehead atoms. The van der Waals surface area contributed by atoms with Gasteiger partial charge in [-0.15, -0.1) is 0 Å². The molecule has 0 amide bonds. The maximum absolute atomic E-state index is 10.3. The molecule has 0 aromatic heterocycles. The highest BCUT2D eigenvalue weighted by Gasteiger charge is 2.28. The van der Waals surface area contributed by atoms with Gasteiger partial charge in [-0.25, -0.2) is 4.84 Å². The fourth-order valence-electron chi connectivity index (χ4n) is 0.498. The standard InChI is InChI=1S/C5H8ClNO4/c1-2(4(8)9)3(7-6)5(10)11/h2-3,7H,1H3,(H,8,9)(H,10,11)/t2?,3-/m0/s1. The highest BCUT2D eigenvalue weighted by molar-refractivity contribution is 6.15. The Morgan fingerprint density at radius 3 is 1.91 bits per heavy atom. The second-order valence-corrected chi connectivity index (χ2v) is 2.27. The van der Waals surface area contributed by atoms with Crippen LogP contribution in [0, 0.1) is 5.92 Å². The van der Waals surface area contributed by atoms with Gasteiger partial charge in [0.25, 0.3) is 0 Å². The van der Waals surface area contributed by atoms with E-state index in [4.69, 9.17) is 22.0 Å². The summed E-state index contributed by atoms with van der Waals surface area (Å²) in [6, 6.07) is -1.26. The summed E-state index contributed by atoms with van der Waals surface area (Å²) in [6.07, 6.45) is 0. The van der Waals surface area contributed by atoms with Crippen LogP contribution in [0.2, 0.25) is 0 Å². The average Bonchev–Trinajstić information content (AvgIpc) is 1.88. The van der Waals surface area contributed by atoms with Gasteiger partial charge in [-0.3, -0.25) is 9.59 Å². The van der Waals surface area contributed by atoms with Gasteiger partial charge in [0.15, 0.2) is 0 Å². The number of hydrogen-bond donors (Lipinski definition) is 3. The molecule has 0 fully saturated rings. The van der Waals surface area contributed by atoms with E-state index in [0.29, 0.717) is 0 Å². The first-order valence-electron chi connectivity index (χ1n) is 2.82. The zero-order valence-corrected chi connectivity index (χ0v) is 6.50. The Hall–Kier alpha value is -0.810. The number of halogens is 1. The minimum absolute atomic E-state index is 1.05. The predicted octanol–water partition coefficient (Wildman–Crippen LogP) is -0.0963. The van der Waals surface area contributed by atoms with Gasteiger partial charge in [-0.2, -0.15) is 0 Å². The van der Waals surface area contributed by atoms with Crippen molar-refractivity contribution in [2.45, 2.75) is 13.0 Å². The first-order valence-corrected chi connectivity index (χ1v) is 3.20. The zero-order valence-electron chi connectivity index (χ0n) is 5.74. The molecule has 1 unspecified atom stereocenters. The number of hydrogen-bond acceptors (Lipinski definition) is 3. The lowest BCUT2D eigenvalue weighted by Crippen LogP contribution is -2.40. The quantitative estimate of drug-likeness (QED) is 0.528. The normalized spacial score (nSPS) is 15.5. The molecule has 6 heteroatoms. The van der Waals surface area contributed by atoms with Crippen molar-refractivity contribution < 1.29 is 19.8 Å². The highest BCUT2D eigenvalue weighted by Crippen LogP contribution is 2.03. The summed E-state index contributed by atoms with van der Waals surface area (Å²) in [5.74, 6) is -3.54. The van der Waals surface area contributed by atoms with Crippen LogP contribution in [0.25, 0.3) is 0 Å². The topological polar surface area (TPSA) is 86.6 Å². The third-order valence-corrected chi connectivity index (χ3v) is 1.51. The molecule has 3 N–H and O–H groups in total. The van der Waals surface area contributed by atoms with Gasteiger partial charge >= 0.3 is 11.9 Å². The van der Waals surface area contributed by atoms with E-state index in [0.717, 1.165) is 0 Å². The van der Waals surface area contributed by atoms with Crippen molar-refractivity contribution in [2.24, 2.45) is 5.92 Å². The molecule has 0 radical (unpaired) electrons. The van der Waals surface area contributed by atoms with Crippen LogP contribution >= 0.6 is 11.8 Å². The van der Waals surface area contributed by atoms with Crippen LogP contribution in [-0.4, -0.2) is 28.2 Å². The van der Waals surface area contributed by atoms with Crippen molar-refractivity contribution in [2.75, 3.05) is 0 Å². The second kappa shape index (κ2) is 4.15. The van der Waals surface area contributed by atoms with E-state index in [2.05, 4.69) is 0 Å². The number of rotatable bonds is 4. The maximum Gasteiger partial charge on any atom is 0.322 e. The molecule has 0 spiro atoms. The molecule has 0 aromatic rings. The number of carboxylic acid groups (broad SMARTS) is 2. The summed E-state index contributed by atoms with van der Waals surface area (Å²) in [7, 11) is 0. The van der Waals surface area contributed by atoms with Gasteiger partial charge in [0, 0.05) is 0 Å². The summed E-state index contributed by atoms with van der Waals surface area (Å²) < 4.78 is 0. The minimum atomic E-state index is -1.28. The van der Waals surface area contributed by atoms with Crippen LogP contribution in [0.1, 0.15) is 6.92 Å². The second-order valence-electron chi connectivity index (χ2n) is 2.05. The van der Waals surface area contributed by atoms with E-state index >= 15 is 0 Å². The molecule has 0 aliphatic carbocycles. The molecule has 0 heterocycles. The Bertz CT molecular complexity index is 172. The SMILES string of the molecule is CC(C(=O)O)[C@H](NCl)C(=O)O. The number of carboxylic acids is 2. The lowest BCUT2D eigenvalue weighted by molar-refractivity contribution is -0.149. The van der Waals surface area contributed by atoms with Crippen LogP contribution in [0.15, 0.2) is 0 Å². The van der Waals surface area contributed by atoms with Crippen molar-refractivity contribution in [1.82, 2.24) is 4.84 Å². The summed E-state index contributed by atoms with van der Waals surface area (Å²) in [5.41, 5.74) is 0. The van der Waals surface area contributed by atoms with Gasteiger partial charge in [-0.1, -0.05) is 0 Å². The fourth-order valence-corrected chi connectivity index (χ4v) is 0.780. The van der Waals surface area contributed by atoms with Crippen LogP contribution in [0.4, 0.5) is 0 Å². The van der Waals surface area contributed by atoms with E-state index < -0.39 is 23.9 Å². The molecule has 0 aromatic carbocycles. The first kappa shape index (κ1) is 10.2. The molecule has 11 heavy (non-hydrogen) atoms. The van der Waals surface area contributed by atoms with Crippen LogP contribution in [-0.2, 0) is 9.59 Å². The molecule has 2 atom stereocenters. The Balaban J connectivity index is 4.25. The van der Waals surface area contributed by atoms with Crippen molar-refractivity contribution >= 4 is 23.7 Å². The van der Waals surface area contributed by atoms with E-state index in [-0.39, 0.29) is 0 Å². The van der Waals surface area contributed by atoms with Crippen LogP contribution in [0.3, 0.4) is 0 Å². The molecular weight excluding hydrogens is 174 g/mol. The van der Waals surface area contributed by atoms with Gasteiger partial charge in [0.05, 0.1) is 5.92 Å². The van der Waals surface area contributed by atoms with Crippen molar-refractivity contribution in [1.29, 1.82) is 0 Å². The number of nitrogens with one attached hydrogen (secondary N) is 1. The molecule has 0 saturated carbocycles. The molecular formula is C5H8ClNO4. The molecule has 5 nitrogen and oxygen atoms in total. The fraction of sp³-hybridized carbons (Fsp3) is 0.600. The summed E-state index contributed by atoms with van der Waals surface area (Å²) in [6.45, 7) is 1.26. The third kappa shape index (κ3) is 2.73. The van der Waals surface area contributed by atoms with Crippen molar-refractivity contribution in [3.05, 3.63) is 0 Å². The van der Waals surface area contributed by atoms with Crippen LogP contribution < -0.4 is 4.84 Å². The monoisotopic (exact) mass is 181 g/mol. The first-order chi connectivity index (χ1) is 5.00. The predicted molar refractivity (Wildman–Crippen MR) is 37.2 cm³/mol. The Kier molecular flexibility index (Phi) is 3.84. The lowest BCUT2D eigenvalue weighted by Gasteiger charge is -2.12. The van der Waals surface area contributed by atoms with Gasteiger partial charge in [0.1, 0.15) is 6.04 Å². The van der Waals surface area contributed by atoms with E-state index in [1.807, 2.05) is 4.84 Å². The average molecular weight is 182 g/mol. The molecule has 0 aliphatic heterocycles. The molecule has 0 rings (SSSR count). The van der Waals surface area contributed by atoms with Crippen molar-refractivity contribution in [3.63, 3.8) is 0 Å². The Morgan fingerprint density at radius 1 is 1.36 bits per heavy atom. The van der Waals surface area contributed by atoms with Gasteiger partial charge in [-0.05, 0) is 18.7 Å². The highest BCUT2D eigenvalue weighted by atomic mass is 35.5. The lowest BCUT2D eigenvalue weighted by atomic mass is 10.0. The van der Waals surface area contributed by atoms with E-state index in [1.54, 1.807) is 0 Å². The van der Waals surface area contributed by atoms with Crippen molar-refractivity contribution in [3.8, 4) is 0 Å². The Morgan fingerprint density at radius 2 is 1.82 bits per heavy atom. The maximum atomic E-state index is 10.3. The Labute approximate surface area is 68.1 Å². The van der Waals surface area contributed by atoms with Gasteiger partial charge in [0.2, 0.25) is 0 Å². The summed E-state index contributed by atoms with van der Waals surface area (Å²) in [4.78, 5) is 22.4. The largest absolute Gasteiger partial charge is 0.481 e. The number of carbonyl (C=O) groups is 2. The molecule has 0 saturated heterocycles. The summed E-state index contributed by atoms with van der Waals surface area (Å²) in [5, 5.41) is 16.8. The molecule has 64 valence electrons. The van der Waals surface area contributed by atoms with Gasteiger partial charge < -0.3 is 10.2 Å². The minimum Gasteiger partial charge on any atom is -0.481 e. The third-order valence-electron chi connectivity index (χ3n) is 1.27. The summed E-state index contributed by atoms with van der Waals surface area (Å²) >= 11 is 5.01. The smallest absolute Gasteiger partial charge is 0.322 e. The molecule has 0 aliphatic rings. The van der Waals surface area contributed by atoms with E-state index in [1.165, 1.54) is 6.92 Å². The van der Waals surface area contributed by atoms with Crippen LogP contribution in [0.5, 0.6) is 0 Å².